The normalized spacial score (nSPS) is 10.0. The summed E-state index contributed by atoms with van der Waals surface area (Å²) in [5.74, 6) is 0.414. The molecule has 0 aliphatic heterocycles. The number of aromatic nitrogens is 2. The van der Waals surface area contributed by atoms with Crippen LogP contribution in [0.2, 0.25) is 0 Å². The van der Waals surface area contributed by atoms with Gasteiger partial charge in [-0.2, -0.15) is 0 Å². The molecule has 4 nitrogen and oxygen atoms in total. The first-order valence-corrected chi connectivity index (χ1v) is 4.21. The Kier molecular flexibility index (Phi) is 2.02. The molecule has 1 heterocycles. The summed E-state index contributed by atoms with van der Waals surface area (Å²) >= 11 is 0. The predicted molar refractivity (Wildman–Crippen MR) is 56.3 cm³/mol. The summed E-state index contributed by atoms with van der Waals surface area (Å²) in [5, 5.41) is 7.73. The molecule has 1 aromatic heterocycles. The van der Waals surface area contributed by atoms with Crippen LogP contribution in [0.4, 0.5) is 11.5 Å². The highest BCUT2D eigenvalue weighted by atomic mass is 15.1. The lowest BCUT2D eigenvalue weighted by Crippen LogP contribution is -1.94. The molecule has 4 heteroatoms. The topological polar surface area (TPSA) is 77.8 Å². The molecule has 0 fully saturated rings. The maximum Gasteiger partial charge on any atom is 0.146 e. The number of benzene rings is 1. The third kappa shape index (κ3) is 1.64. The summed E-state index contributed by atoms with van der Waals surface area (Å²) in [7, 11) is 0. The van der Waals surface area contributed by atoms with Gasteiger partial charge >= 0.3 is 0 Å². The molecule has 0 bridgehead atoms. The van der Waals surface area contributed by atoms with E-state index >= 15 is 0 Å². The minimum absolute atomic E-state index is 0.414. The van der Waals surface area contributed by atoms with Crippen molar-refractivity contribution in [1.29, 1.82) is 0 Å². The van der Waals surface area contributed by atoms with Crippen LogP contribution < -0.4 is 11.5 Å². The number of nitrogens with zero attached hydrogens (tertiary/aromatic N) is 2. The highest BCUT2D eigenvalue weighted by molar-refractivity contribution is 5.63. The van der Waals surface area contributed by atoms with Crippen molar-refractivity contribution in [3.05, 3.63) is 36.4 Å². The summed E-state index contributed by atoms with van der Waals surface area (Å²) in [6.07, 6.45) is 0. The van der Waals surface area contributed by atoms with Gasteiger partial charge in [-0.05, 0) is 24.3 Å². The Hall–Kier alpha value is -2.10. The second kappa shape index (κ2) is 3.33. The fraction of sp³-hybridized carbons (Fsp3) is 0. The van der Waals surface area contributed by atoms with Crippen molar-refractivity contribution in [2.24, 2.45) is 0 Å². The smallest absolute Gasteiger partial charge is 0.146 e. The average Bonchev–Trinajstić information content (AvgIpc) is 2.19. The standard InChI is InChI=1S/C10H10N4/c11-8-3-1-2-7(6-8)9-4-5-10(12)14-13-9/h1-6H,11H2,(H2,12,14). The summed E-state index contributed by atoms with van der Waals surface area (Å²) in [6, 6.07) is 11.0. The molecule has 0 radical (unpaired) electrons. The third-order valence-electron chi connectivity index (χ3n) is 1.87. The van der Waals surface area contributed by atoms with Gasteiger partial charge < -0.3 is 11.5 Å². The Morgan fingerprint density at radius 1 is 0.929 bits per heavy atom. The maximum atomic E-state index is 5.65. The van der Waals surface area contributed by atoms with Gasteiger partial charge in [0.05, 0.1) is 5.69 Å². The Bertz CT molecular complexity index is 436. The molecule has 0 saturated heterocycles. The summed E-state index contributed by atoms with van der Waals surface area (Å²) in [4.78, 5) is 0. The van der Waals surface area contributed by atoms with Gasteiger partial charge in [0.25, 0.3) is 0 Å². The molecule has 0 atom stereocenters. The molecule has 0 aliphatic rings. The van der Waals surface area contributed by atoms with Crippen molar-refractivity contribution in [2.45, 2.75) is 0 Å². The first kappa shape index (κ1) is 8.50. The molecule has 14 heavy (non-hydrogen) atoms. The molecule has 4 N–H and O–H groups in total. The summed E-state index contributed by atoms with van der Waals surface area (Å²) in [6.45, 7) is 0. The number of nitrogens with two attached hydrogens (primary N) is 2. The predicted octanol–water partition coefficient (Wildman–Crippen LogP) is 1.31. The number of rotatable bonds is 1. The van der Waals surface area contributed by atoms with E-state index in [0.29, 0.717) is 11.5 Å². The van der Waals surface area contributed by atoms with E-state index in [1.165, 1.54) is 0 Å². The zero-order chi connectivity index (χ0) is 9.97. The van der Waals surface area contributed by atoms with Crippen molar-refractivity contribution in [1.82, 2.24) is 10.2 Å². The SMILES string of the molecule is Nc1cccc(-c2ccc(N)nn2)c1. The van der Waals surface area contributed by atoms with E-state index in [1.807, 2.05) is 30.3 Å². The quantitative estimate of drug-likeness (QED) is 0.658. The molecule has 2 rings (SSSR count). The van der Waals surface area contributed by atoms with E-state index < -0.39 is 0 Å². The lowest BCUT2D eigenvalue weighted by molar-refractivity contribution is 1.05. The van der Waals surface area contributed by atoms with Gasteiger partial charge in [0.15, 0.2) is 0 Å². The van der Waals surface area contributed by atoms with Crippen LogP contribution in [-0.4, -0.2) is 10.2 Å². The van der Waals surface area contributed by atoms with Gasteiger partial charge in [-0.3, -0.25) is 0 Å². The van der Waals surface area contributed by atoms with Crippen molar-refractivity contribution >= 4 is 11.5 Å². The first-order chi connectivity index (χ1) is 6.75. The minimum atomic E-state index is 0.414. The molecule has 0 unspecified atom stereocenters. The highest BCUT2D eigenvalue weighted by Crippen LogP contribution is 2.18. The van der Waals surface area contributed by atoms with Crippen molar-refractivity contribution < 1.29 is 0 Å². The number of hydrogen-bond donors (Lipinski definition) is 2. The molecule has 0 spiro atoms. The van der Waals surface area contributed by atoms with E-state index in [-0.39, 0.29) is 0 Å². The lowest BCUT2D eigenvalue weighted by atomic mass is 10.1. The van der Waals surface area contributed by atoms with E-state index in [4.69, 9.17) is 11.5 Å². The van der Waals surface area contributed by atoms with Crippen LogP contribution >= 0.6 is 0 Å². The molecule has 0 amide bonds. The van der Waals surface area contributed by atoms with Crippen LogP contribution in [0.3, 0.4) is 0 Å². The van der Waals surface area contributed by atoms with Crippen molar-refractivity contribution in [2.75, 3.05) is 11.5 Å². The van der Waals surface area contributed by atoms with Gasteiger partial charge in [0.1, 0.15) is 5.82 Å². The largest absolute Gasteiger partial charge is 0.399 e. The van der Waals surface area contributed by atoms with Crippen LogP contribution in [0.1, 0.15) is 0 Å². The third-order valence-corrected chi connectivity index (χ3v) is 1.87. The van der Waals surface area contributed by atoms with E-state index in [1.54, 1.807) is 6.07 Å². The van der Waals surface area contributed by atoms with Crippen LogP contribution in [0.5, 0.6) is 0 Å². The maximum absolute atomic E-state index is 5.65. The molecular weight excluding hydrogens is 176 g/mol. The lowest BCUT2D eigenvalue weighted by Gasteiger charge is -2.00. The molecule has 0 aliphatic carbocycles. The Morgan fingerprint density at radius 2 is 1.79 bits per heavy atom. The Balaban J connectivity index is 2.44. The van der Waals surface area contributed by atoms with E-state index in [2.05, 4.69) is 10.2 Å². The van der Waals surface area contributed by atoms with Crippen LogP contribution in [0.15, 0.2) is 36.4 Å². The molecular formula is C10H10N4. The number of anilines is 2. The Morgan fingerprint density at radius 3 is 2.43 bits per heavy atom. The fourth-order valence-corrected chi connectivity index (χ4v) is 1.19. The van der Waals surface area contributed by atoms with Gasteiger partial charge in [0, 0.05) is 11.3 Å². The number of hydrogen-bond acceptors (Lipinski definition) is 4. The van der Waals surface area contributed by atoms with E-state index in [9.17, 15) is 0 Å². The second-order valence-corrected chi connectivity index (χ2v) is 2.97. The zero-order valence-electron chi connectivity index (χ0n) is 7.51. The monoisotopic (exact) mass is 186 g/mol. The van der Waals surface area contributed by atoms with Crippen LogP contribution in [0.25, 0.3) is 11.3 Å². The van der Waals surface area contributed by atoms with Gasteiger partial charge in [0.2, 0.25) is 0 Å². The van der Waals surface area contributed by atoms with Crippen molar-refractivity contribution in [3.63, 3.8) is 0 Å². The summed E-state index contributed by atoms with van der Waals surface area (Å²) < 4.78 is 0. The Labute approximate surface area is 81.6 Å². The van der Waals surface area contributed by atoms with Crippen molar-refractivity contribution in [3.8, 4) is 11.3 Å². The van der Waals surface area contributed by atoms with Gasteiger partial charge in [-0.1, -0.05) is 12.1 Å². The molecule has 1 aromatic carbocycles. The van der Waals surface area contributed by atoms with Crippen LogP contribution in [-0.2, 0) is 0 Å². The number of nitrogen functional groups attached to an aromatic ring is 2. The average molecular weight is 186 g/mol. The summed E-state index contributed by atoms with van der Waals surface area (Å²) in [5.41, 5.74) is 13.5. The van der Waals surface area contributed by atoms with Gasteiger partial charge in [-0.25, -0.2) is 0 Å². The van der Waals surface area contributed by atoms with Crippen LogP contribution in [0, 0.1) is 0 Å². The molecule has 0 saturated carbocycles. The fourth-order valence-electron chi connectivity index (χ4n) is 1.19. The van der Waals surface area contributed by atoms with E-state index in [0.717, 1.165) is 11.3 Å². The van der Waals surface area contributed by atoms with Gasteiger partial charge in [-0.15, -0.1) is 10.2 Å². The molecule has 2 aromatic rings. The second-order valence-electron chi connectivity index (χ2n) is 2.97. The minimum Gasteiger partial charge on any atom is -0.399 e. The zero-order valence-corrected chi connectivity index (χ0v) is 7.51. The highest BCUT2D eigenvalue weighted by Gasteiger charge is 1.99. The first-order valence-electron chi connectivity index (χ1n) is 4.21. The molecule has 70 valence electrons.